The molecule has 1 aromatic heterocycles. The molecule has 1 saturated heterocycles. The predicted octanol–water partition coefficient (Wildman–Crippen LogP) is 0.798. The number of likely N-dealkylation sites (tertiary alicyclic amines) is 1. The van der Waals surface area contributed by atoms with Gasteiger partial charge in [-0.15, -0.1) is 5.10 Å². The van der Waals surface area contributed by atoms with Crippen molar-refractivity contribution < 1.29 is 14.7 Å². The predicted molar refractivity (Wildman–Crippen MR) is 77.9 cm³/mol. The van der Waals surface area contributed by atoms with Crippen molar-refractivity contribution >= 4 is 11.9 Å². The molecule has 0 aromatic carbocycles. The van der Waals surface area contributed by atoms with Gasteiger partial charge in [-0.1, -0.05) is 17.4 Å². The summed E-state index contributed by atoms with van der Waals surface area (Å²) in [6.07, 6.45) is 7.50. The molecule has 0 unspecified atom stereocenters. The number of aryl methyl sites for hydroxylation is 1. The fraction of sp³-hybridized carbons (Fsp3) is 0.600. The van der Waals surface area contributed by atoms with Crippen molar-refractivity contribution in [1.82, 2.24) is 19.9 Å². The molecule has 118 valence electrons. The summed E-state index contributed by atoms with van der Waals surface area (Å²) in [5.74, 6) is -0.843. The highest BCUT2D eigenvalue weighted by molar-refractivity contribution is 5.80. The van der Waals surface area contributed by atoms with Crippen molar-refractivity contribution in [3.63, 3.8) is 0 Å². The highest BCUT2D eigenvalue weighted by Gasteiger charge is 2.40. The lowest BCUT2D eigenvalue weighted by molar-refractivity contribution is -0.139. The molecule has 0 spiro atoms. The second kappa shape index (κ2) is 5.90. The fourth-order valence-corrected chi connectivity index (χ4v) is 3.43. The number of carbonyl (C=O) groups is 2. The smallest absolute Gasteiger partial charge is 0.303 e. The third kappa shape index (κ3) is 2.88. The van der Waals surface area contributed by atoms with Crippen LogP contribution in [0, 0.1) is 11.8 Å². The van der Waals surface area contributed by atoms with E-state index in [-0.39, 0.29) is 30.1 Å². The van der Waals surface area contributed by atoms with Crippen molar-refractivity contribution in [2.24, 2.45) is 18.9 Å². The van der Waals surface area contributed by atoms with Crippen LogP contribution in [0.15, 0.2) is 18.3 Å². The molecule has 7 heteroatoms. The fourth-order valence-electron chi connectivity index (χ4n) is 3.43. The first-order chi connectivity index (χ1) is 10.5. The van der Waals surface area contributed by atoms with Gasteiger partial charge in [0.25, 0.3) is 0 Å². The second-order valence-electron chi connectivity index (χ2n) is 6.16. The minimum Gasteiger partial charge on any atom is -0.481 e. The third-order valence-electron chi connectivity index (χ3n) is 4.55. The maximum Gasteiger partial charge on any atom is 0.303 e. The van der Waals surface area contributed by atoms with Crippen molar-refractivity contribution in [1.29, 1.82) is 0 Å². The van der Waals surface area contributed by atoms with Crippen molar-refractivity contribution in [3.8, 4) is 0 Å². The molecule has 22 heavy (non-hydrogen) atoms. The molecule has 3 rings (SSSR count). The zero-order chi connectivity index (χ0) is 15.7. The Labute approximate surface area is 128 Å². The molecule has 1 fully saturated rings. The molecular formula is C15H20N4O3. The number of aromatic nitrogens is 3. The van der Waals surface area contributed by atoms with E-state index < -0.39 is 5.97 Å². The van der Waals surface area contributed by atoms with Gasteiger partial charge in [-0.3, -0.25) is 14.3 Å². The summed E-state index contributed by atoms with van der Waals surface area (Å²) in [5.41, 5.74) is 0.772. The molecule has 0 radical (unpaired) electrons. The van der Waals surface area contributed by atoms with E-state index in [1.54, 1.807) is 11.7 Å². The van der Waals surface area contributed by atoms with Gasteiger partial charge in [0.2, 0.25) is 5.91 Å². The maximum atomic E-state index is 12.6. The lowest BCUT2D eigenvalue weighted by atomic mass is 9.91. The number of nitrogens with zero attached hydrogens (tertiary/aromatic N) is 4. The van der Waals surface area contributed by atoms with Crippen LogP contribution in [0.4, 0.5) is 0 Å². The quantitative estimate of drug-likeness (QED) is 0.831. The van der Waals surface area contributed by atoms with Gasteiger partial charge in [-0.05, 0) is 18.8 Å². The van der Waals surface area contributed by atoms with Gasteiger partial charge < -0.3 is 10.0 Å². The Kier molecular flexibility index (Phi) is 3.96. The third-order valence-corrected chi connectivity index (χ3v) is 4.55. The number of aliphatic carboxylic acids is 1. The first-order valence-electron chi connectivity index (χ1n) is 7.56. The lowest BCUT2D eigenvalue weighted by Gasteiger charge is -2.20. The topological polar surface area (TPSA) is 88.3 Å². The number of hydrogen-bond acceptors (Lipinski definition) is 4. The molecule has 1 aliphatic heterocycles. The number of carbonyl (C=O) groups excluding carboxylic acids is 1. The van der Waals surface area contributed by atoms with E-state index in [4.69, 9.17) is 5.11 Å². The maximum absolute atomic E-state index is 12.6. The Morgan fingerprint density at radius 1 is 1.32 bits per heavy atom. The Bertz CT molecular complexity index is 602. The highest BCUT2D eigenvalue weighted by atomic mass is 16.4. The molecule has 2 heterocycles. The van der Waals surface area contributed by atoms with Gasteiger partial charge in [0.15, 0.2) is 0 Å². The zero-order valence-corrected chi connectivity index (χ0v) is 12.6. The zero-order valence-electron chi connectivity index (χ0n) is 12.6. The summed E-state index contributed by atoms with van der Waals surface area (Å²) in [5, 5.41) is 17.2. The summed E-state index contributed by atoms with van der Waals surface area (Å²) in [6, 6.07) is 0. The molecule has 0 saturated carbocycles. The summed E-state index contributed by atoms with van der Waals surface area (Å²) in [6.45, 7) is 1.02. The largest absolute Gasteiger partial charge is 0.481 e. The number of amides is 1. The minimum absolute atomic E-state index is 0.0195. The Hall–Kier alpha value is -2.18. The molecule has 1 aromatic rings. The van der Waals surface area contributed by atoms with Gasteiger partial charge in [-0.25, -0.2) is 0 Å². The van der Waals surface area contributed by atoms with Crippen LogP contribution in [0.2, 0.25) is 0 Å². The van der Waals surface area contributed by atoms with E-state index >= 15 is 0 Å². The molecule has 1 amide bonds. The number of hydrogen-bond donors (Lipinski definition) is 1. The van der Waals surface area contributed by atoms with E-state index in [0.717, 1.165) is 18.5 Å². The van der Waals surface area contributed by atoms with E-state index in [1.165, 1.54) is 0 Å². The Morgan fingerprint density at radius 3 is 2.64 bits per heavy atom. The number of rotatable bonds is 4. The van der Waals surface area contributed by atoms with Crippen LogP contribution in [-0.4, -0.2) is 50.0 Å². The van der Waals surface area contributed by atoms with Crippen LogP contribution in [0.1, 0.15) is 30.9 Å². The minimum atomic E-state index is -0.837. The summed E-state index contributed by atoms with van der Waals surface area (Å²) in [7, 11) is 1.78. The summed E-state index contributed by atoms with van der Waals surface area (Å²) >= 11 is 0. The number of carboxylic acid groups (broad SMARTS) is 1. The SMILES string of the molecule is Cn1cc([C@@H]2CN(C(=O)C3CC=CC3)C[C@@H]2CC(=O)O)nn1. The second-order valence-corrected chi connectivity index (χ2v) is 6.16. The van der Waals surface area contributed by atoms with E-state index in [0.29, 0.717) is 13.1 Å². The lowest BCUT2D eigenvalue weighted by Crippen LogP contribution is -2.33. The van der Waals surface area contributed by atoms with Gasteiger partial charge in [-0.2, -0.15) is 0 Å². The van der Waals surface area contributed by atoms with Crippen LogP contribution < -0.4 is 0 Å². The standard InChI is InChI=1S/C15H20N4O3/c1-18-9-13(16-17-18)12-8-19(7-11(12)6-14(20)21)15(22)10-4-2-3-5-10/h2-3,9-12H,4-8H2,1H3,(H,20,21)/t11-,12+/m0/s1. The average Bonchev–Trinajstić information content (AvgIpc) is 3.17. The van der Waals surface area contributed by atoms with E-state index in [1.807, 2.05) is 23.2 Å². The first kappa shape index (κ1) is 14.7. The molecule has 7 nitrogen and oxygen atoms in total. The van der Waals surface area contributed by atoms with Gasteiger partial charge in [0.05, 0.1) is 12.1 Å². The molecule has 1 N–H and O–H groups in total. The van der Waals surface area contributed by atoms with Gasteiger partial charge in [0.1, 0.15) is 0 Å². The van der Waals surface area contributed by atoms with Crippen molar-refractivity contribution in [2.45, 2.75) is 25.2 Å². The van der Waals surface area contributed by atoms with E-state index in [2.05, 4.69) is 10.3 Å². The number of carboxylic acids is 1. The summed E-state index contributed by atoms with van der Waals surface area (Å²) < 4.78 is 1.61. The normalized spacial score (nSPS) is 25.0. The van der Waals surface area contributed by atoms with E-state index in [9.17, 15) is 9.59 Å². The molecule has 2 atom stereocenters. The van der Waals surface area contributed by atoms with Crippen LogP contribution >= 0.6 is 0 Å². The van der Waals surface area contributed by atoms with Gasteiger partial charge >= 0.3 is 5.97 Å². The van der Waals surface area contributed by atoms with Crippen LogP contribution in [-0.2, 0) is 16.6 Å². The average molecular weight is 304 g/mol. The Balaban J connectivity index is 1.75. The summed E-state index contributed by atoms with van der Waals surface area (Å²) in [4.78, 5) is 25.5. The molecule has 2 aliphatic rings. The van der Waals surface area contributed by atoms with Crippen molar-refractivity contribution in [2.75, 3.05) is 13.1 Å². The highest BCUT2D eigenvalue weighted by Crippen LogP contribution is 2.35. The van der Waals surface area contributed by atoms with Crippen LogP contribution in [0.25, 0.3) is 0 Å². The van der Waals surface area contributed by atoms with Crippen LogP contribution in [0.5, 0.6) is 0 Å². The van der Waals surface area contributed by atoms with Gasteiger partial charge in [0, 0.05) is 38.2 Å². The van der Waals surface area contributed by atoms with Crippen LogP contribution in [0.3, 0.4) is 0 Å². The monoisotopic (exact) mass is 304 g/mol. The van der Waals surface area contributed by atoms with Crippen molar-refractivity contribution in [3.05, 3.63) is 24.0 Å². The Morgan fingerprint density at radius 2 is 2.05 bits per heavy atom. The first-order valence-corrected chi connectivity index (χ1v) is 7.56. The molecular weight excluding hydrogens is 284 g/mol. The molecule has 0 bridgehead atoms. The molecule has 1 aliphatic carbocycles. The number of allylic oxidation sites excluding steroid dienone is 2.